The number of aliphatic carboxylic acids is 1. The van der Waals surface area contributed by atoms with E-state index < -0.39 is 11.6 Å². The molecule has 0 bridgehead atoms. The Morgan fingerprint density at radius 2 is 1.68 bits per heavy atom. The van der Waals surface area contributed by atoms with Gasteiger partial charge < -0.3 is 20.3 Å². The van der Waals surface area contributed by atoms with E-state index in [0.717, 1.165) is 22.3 Å². The maximum absolute atomic E-state index is 12.1. The van der Waals surface area contributed by atoms with E-state index >= 15 is 0 Å². The van der Waals surface area contributed by atoms with E-state index in [-0.39, 0.29) is 18.7 Å². The van der Waals surface area contributed by atoms with Gasteiger partial charge >= 0.3 is 5.97 Å². The molecule has 0 radical (unpaired) electrons. The number of carboxylic acids is 1. The number of nitrogens with one attached hydrogen (secondary N) is 1. The Morgan fingerprint density at radius 3 is 2.23 bits per heavy atom. The molecule has 1 amide bonds. The predicted molar refractivity (Wildman–Crippen MR) is 122 cm³/mol. The van der Waals surface area contributed by atoms with Crippen LogP contribution in [0.3, 0.4) is 0 Å². The predicted octanol–water partition coefficient (Wildman–Crippen LogP) is 4.92. The third kappa shape index (κ3) is 6.69. The van der Waals surface area contributed by atoms with Crippen molar-refractivity contribution >= 4 is 17.6 Å². The average molecular weight is 426 g/mol. The molecule has 2 aromatic carbocycles. The van der Waals surface area contributed by atoms with Gasteiger partial charge in [0.25, 0.3) is 0 Å². The molecule has 166 valence electrons. The number of fused-ring (bicyclic) bond motifs is 1. The lowest BCUT2D eigenvalue weighted by Crippen LogP contribution is -2.16. The Labute approximate surface area is 183 Å². The minimum atomic E-state index is -0.918. The van der Waals surface area contributed by atoms with Gasteiger partial charge in [-0.3, -0.25) is 9.59 Å². The van der Waals surface area contributed by atoms with Crippen molar-refractivity contribution in [3.8, 4) is 16.9 Å². The molecule has 0 unspecified atom stereocenters. The van der Waals surface area contributed by atoms with Gasteiger partial charge in [-0.05, 0) is 69.9 Å². The molecule has 0 aliphatic carbocycles. The number of hydrogen-bond donors (Lipinski definition) is 3. The maximum atomic E-state index is 12.1. The molecular formula is C25H31NO5. The average Bonchev–Trinajstić information content (AvgIpc) is 2.62. The van der Waals surface area contributed by atoms with Crippen LogP contribution in [-0.4, -0.2) is 27.7 Å². The molecule has 0 saturated heterocycles. The van der Waals surface area contributed by atoms with Gasteiger partial charge in [0.15, 0.2) is 5.75 Å². The highest BCUT2D eigenvalue weighted by molar-refractivity contribution is 5.97. The summed E-state index contributed by atoms with van der Waals surface area (Å²) in [6.07, 6.45) is 3.25. The summed E-state index contributed by atoms with van der Waals surface area (Å²) in [5.41, 5.74) is 5.14. The second-order valence-electron chi connectivity index (χ2n) is 8.66. The van der Waals surface area contributed by atoms with Gasteiger partial charge in [0.1, 0.15) is 0 Å². The Hall–Kier alpha value is -3.12. The van der Waals surface area contributed by atoms with Crippen molar-refractivity contribution in [1.29, 1.82) is 0 Å². The molecule has 6 nitrogen and oxygen atoms in total. The first-order valence-electron chi connectivity index (χ1n) is 10.2. The van der Waals surface area contributed by atoms with Crippen LogP contribution in [0, 0.1) is 20.8 Å². The third-order valence-electron chi connectivity index (χ3n) is 4.59. The molecule has 2 aromatic rings. The summed E-state index contributed by atoms with van der Waals surface area (Å²) in [7, 11) is 0. The number of rotatable bonds is 3. The van der Waals surface area contributed by atoms with Crippen molar-refractivity contribution in [1.82, 2.24) is 0 Å². The smallest absolute Gasteiger partial charge is 0.307 e. The molecule has 0 atom stereocenters. The van der Waals surface area contributed by atoms with Gasteiger partial charge in [-0.2, -0.15) is 0 Å². The van der Waals surface area contributed by atoms with Crippen LogP contribution in [0.5, 0.6) is 5.75 Å². The van der Waals surface area contributed by atoms with Gasteiger partial charge in [0.2, 0.25) is 5.91 Å². The number of carboxylic acid groups (broad SMARTS) is 1. The summed E-state index contributed by atoms with van der Waals surface area (Å²) in [6.45, 7) is 10.9. The molecule has 0 saturated carbocycles. The van der Waals surface area contributed by atoms with Crippen molar-refractivity contribution in [3.63, 3.8) is 0 Å². The maximum Gasteiger partial charge on any atom is 0.307 e. The van der Waals surface area contributed by atoms with Crippen LogP contribution >= 0.6 is 0 Å². The van der Waals surface area contributed by atoms with Gasteiger partial charge in [-0.1, -0.05) is 29.8 Å². The van der Waals surface area contributed by atoms with Gasteiger partial charge in [0, 0.05) is 12.0 Å². The van der Waals surface area contributed by atoms with Crippen molar-refractivity contribution in [2.45, 2.75) is 60.0 Å². The molecule has 1 aliphatic rings. The molecule has 31 heavy (non-hydrogen) atoms. The number of amides is 1. The Morgan fingerprint density at radius 1 is 1.10 bits per heavy atom. The van der Waals surface area contributed by atoms with E-state index in [1.165, 1.54) is 6.26 Å². The Kier molecular flexibility index (Phi) is 7.63. The summed E-state index contributed by atoms with van der Waals surface area (Å²) in [6, 6.07) is 7.94. The Balaban J connectivity index is 0.000000614. The van der Waals surface area contributed by atoms with Crippen LogP contribution < -0.4 is 10.1 Å². The molecule has 1 aliphatic heterocycles. The lowest BCUT2D eigenvalue weighted by Gasteiger charge is -2.24. The molecule has 6 heteroatoms. The second kappa shape index (κ2) is 9.79. The van der Waals surface area contributed by atoms with Gasteiger partial charge in [-0.15, -0.1) is 0 Å². The highest BCUT2D eigenvalue weighted by Gasteiger charge is 2.24. The zero-order valence-corrected chi connectivity index (χ0v) is 19.0. The summed E-state index contributed by atoms with van der Waals surface area (Å²) in [5.74, 6) is -0.520. The minimum Gasteiger partial charge on any atom is -0.481 e. The molecule has 3 rings (SSSR count). The first-order valence-corrected chi connectivity index (χ1v) is 10.2. The molecule has 1 heterocycles. The quantitative estimate of drug-likeness (QED) is 0.649. The van der Waals surface area contributed by atoms with E-state index in [9.17, 15) is 14.7 Å². The summed E-state index contributed by atoms with van der Waals surface area (Å²) >= 11 is 0. The fraction of sp³-hybridized carbons (Fsp3) is 0.360. The molecule has 3 N–H and O–H groups in total. The van der Waals surface area contributed by atoms with E-state index in [2.05, 4.69) is 5.32 Å². The number of benzene rings is 2. The summed E-state index contributed by atoms with van der Waals surface area (Å²) in [4.78, 5) is 23.5. The third-order valence-corrected chi connectivity index (χ3v) is 4.59. The normalized spacial score (nSPS) is 14.1. The van der Waals surface area contributed by atoms with Crippen LogP contribution in [0.1, 0.15) is 49.4 Å². The van der Waals surface area contributed by atoms with E-state index in [4.69, 9.17) is 9.84 Å². The molecule has 0 fully saturated rings. The fourth-order valence-corrected chi connectivity index (χ4v) is 3.28. The first-order chi connectivity index (χ1) is 14.4. The molecule has 0 spiro atoms. The lowest BCUT2D eigenvalue weighted by atomic mass is 9.87. The SMILES string of the molecule is CC(C)(C)O.Cc1ccc(-c2c(C)c3c(c(C)c2CC(=O)O)NC(=O)C/C=C\O3)cc1. The first kappa shape index (κ1) is 24.2. The zero-order chi connectivity index (χ0) is 23.3. The molecule has 0 aromatic heterocycles. The van der Waals surface area contributed by atoms with Crippen LogP contribution in [0.15, 0.2) is 36.6 Å². The molecular weight excluding hydrogens is 394 g/mol. The highest BCUT2D eigenvalue weighted by atomic mass is 16.5. The van der Waals surface area contributed by atoms with Crippen LogP contribution in [0.2, 0.25) is 0 Å². The van der Waals surface area contributed by atoms with Crippen molar-refractivity contribution < 1.29 is 24.5 Å². The number of aliphatic hydroxyl groups is 1. The lowest BCUT2D eigenvalue weighted by molar-refractivity contribution is -0.136. The van der Waals surface area contributed by atoms with Crippen LogP contribution in [-0.2, 0) is 16.0 Å². The number of carbonyl (C=O) groups excluding carboxylic acids is 1. The van der Waals surface area contributed by atoms with Crippen LogP contribution in [0.4, 0.5) is 5.69 Å². The summed E-state index contributed by atoms with van der Waals surface area (Å²) < 4.78 is 5.79. The van der Waals surface area contributed by atoms with E-state index in [0.29, 0.717) is 22.6 Å². The monoisotopic (exact) mass is 425 g/mol. The largest absolute Gasteiger partial charge is 0.481 e. The number of hydrogen-bond acceptors (Lipinski definition) is 4. The van der Waals surface area contributed by atoms with Gasteiger partial charge in [0.05, 0.1) is 24.0 Å². The minimum absolute atomic E-state index is 0.130. The van der Waals surface area contributed by atoms with Crippen molar-refractivity contribution in [3.05, 3.63) is 58.9 Å². The number of aryl methyl sites for hydroxylation is 1. The number of anilines is 1. The standard InChI is InChI=1S/C21H21NO4.C4H10O/c1-12-6-8-15(9-7-12)19-14(3)21-20(13(2)16(19)11-18(24)25)22-17(23)5-4-10-26-21;1-4(2,3)5/h4,6-10H,5,11H2,1-3H3,(H,22,23)(H,24,25);5H,1-3H3/b10-4-;. The topological polar surface area (TPSA) is 95.9 Å². The van der Waals surface area contributed by atoms with Crippen LogP contribution in [0.25, 0.3) is 11.1 Å². The van der Waals surface area contributed by atoms with E-state index in [1.54, 1.807) is 26.8 Å². The zero-order valence-electron chi connectivity index (χ0n) is 19.0. The second-order valence-corrected chi connectivity index (χ2v) is 8.66. The Bertz CT molecular complexity index is 992. The number of ether oxygens (including phenoxy) is 1. The highest BCUT2D eigenvalue weighted by Crippen LogP contribution is 2.43. The van der Waals surface area contributed by atoms with Gasteiger partial charge in [-0.25, -0.2) is 0 Å². The van der Waals surface area contributed by atoms with Crippen molar-refractivity contribution in [2.24, 2.45) is 0 Å². The fourth-order valence-electron chi connectivity index (χ4n) is 3.28. The van der Waals surface area contributed by atoms with Crippen molar-refractivity contribution in [2.75, 3.05) is 5.32 Å². The van der Waals surface area contributed by atoms with E-state index in [1.807, 2.05) is 45.0 Å². The number of carbonyl (C=O) groups is 2. The summed E-state index contributed by atoms with van der Waals surface area (Å²) in [5, 5.41) is 20.8.